The predicted octanol–water partition coefficient (Wildman–Crippen LogP) is 6.45. The number of guanidine groups is 1. The number of alkyl halides is 2. The van der Waals surface area contributed by atoms with Crippen LogP contribution in [-0.4, -0.2) is 87.2 Å². The number of aromatic nitrogens is 2. The number of nitrogens with one attached hydrogen (secondary N) is 2. The maximum Gasteiger partial charge on any atom is 0.434 e. The van der Waals surface area contributed by atoms with Crippen molar-refractivity contribution in [2.24, 2.45) is 15.4 Å². The Kier molecular flexibility index (Phi) is 11.2. The quantitative estimate of drug-likeness (QED) is 0.156. The van der Waals surface area contributed by atoms with E-state index in [1.165, 1.54) is 30.6 Å². The van der Waals surface area contributed by atoms with Gasteiger partial charge in [-0.2, -0.15) is 18.9 Å². The molecule has 14 nitrogen and oxygen atoms in total. The van der Waals surface area contributed by atoms with Gasteiger partial charge in [-0.1, -0.05) is 62.7 Å². The number of ether oxygens (including phenoxy) is 1. The molecular weight excluding hydrogens is 714 g/mol. The Balaban J connectivity index is 1.63. The first-order chi connectivity index (χ1) is 24.9. The van der Waals surface area contributed by atoms with Gasteiger partial charge in [0.05, 0.1) is 22.8 Å². The Morgan fingerprint density at radius 3 is 2.40 bits per heavy atom. The third-order valence-electron chi connectivity index (χ3n) is 8.75. The van der Waals surface area contributed by atoms with Crippen molar-refractivity contribution in [3.05, 3.63) is 76.6 Å². The SMILES string of the molecule is CC(=NC(=O)c1cc([C@@H](COC(=O)NC2CC2)N2C(=O)[C@@](CC(C)(C)C)(c3ccc(-c4cnn(C(F)F)c4)cc3)NC2=NC(=O)O)ccc1Cl)N(C)C. The molecular formula is C36H41ClF2N8O6. The fourth-order valence-electron chi connectivity index (χ4n) is 5.95. The van der Waals surface area contributed by atoms with Crippen LogP contribution in [0.1, 0.15) is 81.0 Å². The predicted molar refractivity (Wildman–Crippen MR) is 193 cm³/mol. The highest BCUT2D eigenvalue weighted by atomic mass is 35.5. The van der Waals surface area contributed by atoms with Crippen LogP contribution in [-0.2, 0) is 15.1 Å². The number of aliphatic imine (C=N–C) groups is 2. The second-order valence-corrected chi connectivity index (χ2v) is 14.8. The van der Waals surface area contributed by atoms with Gasteiger partial charge < -0.3 is 25.4 Å². The van der Waals surface area contributed by atoms with Gasteiger partial charge in [0, 0.05) is 31.9 Å². The van der Waals surface area contributed by atoms with E-state index in [-0.39, 0.29) is 34.6 Å². The van der Waals surface area contributed by atoms with Crippen LogP contribution in [0.25, 0.3) is 11.1 Å². The summed E-state index contributed by atoms with van der Waals surface area (Å²) in [7, 11) is 3.44. The van der Waals surface area contributed by atoms with Gasteiger partial charge in [-0.05, 0) is 60.4 Å². The molecule has 282 valence electrons. The van der Waals surface area contributed by atoms with Crippen molar-refractivity contribution >= 4 is 47.4 Å². The summed E-state index contributed by atoms with van der Waals surface area (Å²) in [4.78, 5) is 64.1. The van der Waals surface area contributed by atoms with Crippen LogP contribution in [0.5, 0.6) is 0 Å². The summed E-state index contributed by atoms with van der Waals surface area (Å²) in [6.07, 6.45) is 1.88. The third kappa shape index (κ3) is 8.99. The number of carboxylic acid groups (broad SMARTS) is 1. The molecule has 17 heteroatoms. The first kappa shape index (κ1) is 38.8. The molecule has 3 N–H and O–H groups in total. The molecule has 1 saturated carbocycles. The Morgan fingerprint density at radius 1 is 1.15 bits per heavy atom. The molecule has 0 bridgehead atoms. The van der Waals surface area contributed by atoms with Crippen molar-refractivity contribution in [2.75, 3.05) is 20.7 Å². The lowest BCUT2D eigenvalue weighted by atomic mass is 9.75. The summed E-state index contributed by atoms with van der Waals surface area (Å²) in [5.74, 6) is -1.22. The van der Waals surface area contributed by atoms with Gasteiger partial charge in [-0.3, -0.25) is 14.5 Å². The Labute approximate surface area is 309 Å². The van der Waals surface area contributed by atoms with Crippen molar-refractivity contribution in [2.45, 2.75) is 71.1 Å². The van der Waals surface area contributed by atoms with Crippen molar-refractivity contribution in [1.29, 1.82) is 0 Å². The van der Waals surface area contributed by atoms with E-state index >= 15 is 4.79 Å². The average Bonchev–Trinajstić information content (AvgIpc) is 3.66. The Bertz CT molecular complexity index is 1950. The van der Waals surface area contributed by atoms with Crippen LogP contribution in [0.15, 0.2) is 64.8 Å². The molecule has 2 aromatic carbocycles. The van der Waals surface area contributed by atoms with Crippen molar-refractivity contribution in [3.63, 3.8) is 0 Å². The van der Waals surface area contributed by atoms with Crippen LogP contribution in [0.2, 0.25) is 5.02 Å². The summed E-state index contributed by atoms with van der Waals surface area (Å²) in [5.41, 5.74) is -0.474. The normalized spacial score (nSPS) is 19.0. The fourth-order valence-corrected chi connectivity index (χ4v) is 6.15. The number of carbonyl (C=O) groups is 4. The summed E-state index contributed by atoms with van der Waals surface area (Å²) in [6.45, 7) is 4.08. The molecule has 2 heterocycles. The standard InChI is InChI=1S/C36H41ClF2N8O6/c1-20(45(5)6)41-29(48)26-15-22(9-14-27(26)37)28(18-53-34(52)42-25-12-13-25)47-30(49)36(19-35(2,3)4,44-32(47)43-33(50)51)24-10-7-21(8-11-24)23-16-40-46(17-23)31(38)39/h7-11,14-17,25,28,31H,12-13,18-19H2,1-6H3,(H,42,52)(H,43,44)(H,50,51)/t28-,36-/m1/s1. The molecule has 5 rings (SSSR count). The van der Waals surface area contributed by atoms with Gasteiger partial charge in [0.25, 0.3) is 11.8 Å². The van der Waals surface area contributed by atoms with Crippen molar-refractivity contribution < 1.29 is 37.8 Å². The second kappa shape index (κ2) is 15.3. The minimum absolute atomic E-state index is 0.000773. The molecule has 1 saturated heterocycles. The summed E-state index contributed by atoms with van der Waals surface area (Å²) >= 11 is 6.47. The van der Waals surface area contributed by atoms with Gasteiger partial charge in [-0.25, -0.2) is 14.3 Å². The van der Waals surface area contributed by atoms with Gasteiger partial charge >= 0.3 is 18.7 Å². The zero-order chi connectivity index (χ0) is 38.8. The van der Waals surface area contributed by atoms with Gasteiger partial charge in [0.15, 0.2) is 0 Å². The van der Waals surface area contributed by atoms with E-state index in [2.05, 4.69) is 25.7 Å². The smallest absolute Gasteiger partial charge is 0.434 e. The molecule has 0 unspecified atom stereocenters. The van der Waals surface area contributed by atoms with E-state index in [0.717, 1.165) is 17.7 Å². The molecule has 53 heavy (non-hydrogen) atoms. The Hall–Kier alpha value is -5.38. The van der Waals surface area contributed by atoms with Crippen molar-refractivity contribution in [1.82, 2.24) is 30.2 Å². The number of carbonyl (C=O) groups excluding carboxylic acids is 3. The van der Waals surface area contributed by atoms with Crippen LogP contribution in [0.3, 0.4) is 0 Å². The zero-order valence-corrected chi connectivity index (χ0v) is 30.8. The number of halogens is 3. The van der Waals surface area contributed by atoms with E-state index in [9.17, 15) is 28.3 Å². The number of rotatable bonds is 10. The highest BCUT2D eigenvalue weighted by Crippen LogP contribution is 2.43. The Morgan fingerprint density at radius 2 is 1.83 bits per heavy atom. The zero-order valence-electron chi connectivity index (χ0n) is 30.1. The molecule has 2 atom stereocenters. The molecule has 0 spiro atoms. The van der Waals surface area contributed by atoms with E-state index in [4.69, 9.17) is 16.3 Å². The molecule has 2 aliphatic rings. The van der Waals surface area contributed by atoms with Gasteiger partial charge in [-0.15, -0.1) is 4.99 Å². The van der Waals surface area contributed by atoms with Crippen molar-refractivity contribution in [3.8, 4) is 11.1 Å². The highest BCUT2D eigenvalue weighted by molar-refractivity contribution is 6.34. The number of benzene rings is 2. The monoisotopic (exact) mass is 754 g/mol. The van der Waals surface area contributed by atoms with Crippen LogP contribution >= 0.6 is 11.6 Å². The molecule has 0 radical (unpaired) electrons. The average molecular weight is 755 g/mol. The lowest BCUT2D eigenvalue weighted by molar-refractivity contribution is -0.134. The molecule has 4 amide bonds. The first-order valence-corrected chi connectivity index (χ1v) is 17.1. The first-order valence-electron chi connectivity index (χ1n) is 16.7. The summed E-state index contributed by atoms with van der Waals surface area (Å²) < 4.78 is 32.6. The van der Waals surface area contributed by atoms with E-state index in [1.54, 1.807) is 50.2 Å². The molecule has 1 aromatic heterocycles. The number of nitrogens with zero attached hydrogens (tertiary/aromatic N) is 6. The number of alkyl carbamates (subject to hydrolysis) is 1. The largest absolute Gasteiger partial charge is 0.463 e. The van der Waals surface area contributed by atoms with Crippen LogP contribution < -0.4 is 10.6 Å². The minimum Gasteiger partial charge on any atom is -0.463 e. The van der Waals surface area contributed by atoms with Crippen LogP contribution in [0, 0.1) is 5.41 Å². The van der Waals surface area contributed by atoms with E-state index in [0.29, 0.717) is 27.2 Å². The van der Waals surface area contributed by atoms with Gasteiger partial charge in [0.2, 0.25) is 5.96 Å². The minimum atomic E-state index is -2.82. The fraction of sp³-hybridized carbons (Fsp3) is 0.417. The van der Waals surface area contributed by atoms with Crippen LogP contribution in [0.4, 0.5) is 18.4 Å². The lowest BCUT2D eigenvalue weighted by Gasteiger charge is -2.35. The second-order valence-electron chi connectivity index (χ2n) is 14.4. The number of hydrogen-bond acceptors (Lipinski definition) is 6. The molecule has 3 aromatic rings. The lowest BCUT2D eigenvalue weighted by Crippen LogP contribution is -2.47. The van der Waals surface area contributed by atoms with Gasteiger partial charge in [0.1, 0.15) is 18.0 Å². The maximum absolute atomic E-state index is 15.1. The third-order valence-corrected chi connectivity index (χ3v) is 9.08. The van der Waals surface area contributed by atoms with E-state index in [1.807, 2.05) is 20.8 Å². The molecule has 1 aliphatic heterocycles. The van der Waals surface area contributed by atoms with E-state index < -0.39 is 54.2 Å². The number of hydrogen-bond donors (Lipinski definition) is 3. The molecule has 1 aliphatic carbocycles. The topological polar surface area (TPSA) is 171 Å². The highest BCUT2D eigenvalue weighted by Gasteiger charge is 2.55. The summed E-state index contributed by atoms with van der Waals surface area (Å²) in [5, 5.41) is 19.5. The maximum atomic E-state index is 15.1. The summed E-state index contributed by atoms with van der Waals surface area (Å²) in [6, 6.07) is 9.75. The number of amides is 4. The number of amidine groups is 1. The molecule has 2 fully saturated rings.